The van der Waals surface area contributed by atoms with E-state index in [9.17, 15) is 19.8 Å². The molecule has 304 valence electrons. The first-order valence-electron chi connectivity index (χ1n) is 20.3. The third-order valence-corrected chi connectivity index (χ3v) is 11.3. The van der Waals surface area contributed by atoms with Crippen LogP contribution in [0.5, 0.6) is 11.5 Å². The van der Waals surface area contributed by atoms with Crippen molar-refractivity contribution in [2.45, 2.75) is 188 Å². The fraction of sp³-hybridized carbons (Fsp3) is 0.702. The molecule has 2 aromatic rings. The molecule has 0 amide bonds. The minimum atomic E-state index is -0.257. The Labute approximate surface area is 328 Å². The monoisotopic (exact) mass is 750 g/mol. The summed E-state index contributed by atoms with van der Waals surface area (Å²) >= 11 is 0. The standard InChI is InChI=1S/C47H75NO6/c1-42(2,3)34-25-32(40(51)36(27-34)44(7,8)9)17-19-38(49)53-23-21-31-29-46(13,14)48(47(15,16)30-31)22-24-54-39(50)20-18-33-26-35(43(4,5)6)28-37(41(33)52)45(10,11)12/h25-28,31,51-52H,17-24,29-30H2,1-16H3. The second-order valence-electron chi connectivity index (χ2n) is 21.3. The number of ether oxygens (including phenoxy) is 2. The van der Waals surface area contributed by atoms with Crippen LogP contribution in [0.2, 0.25) is 0 Å². The van der Waals surface area contributed by atoms with E-state index in [4.69, 9.17) is 9.47 Å². The van der Waals surface area contributed by atoms with E-state index < -0.39 is 0 Å². The predicted octanol–water partition coefficient (Wildman–Crippen LogP) is 10.6. The fourth-order valence-electron chi connectivity index (χ4n) is 8.32. The van der Waals surface area contributed by atoms with E-state index in [2.05, 4.69) is 128 Å². The zero-order valence-corrected chi connectivity index (χ0v) is 36.9. The number of phenolic OH excluding ortho intramolecular Hbond substituents is 2. The van der Waals surface area contributed by atoms with Crippen LogP contribution in [-0.4, -0.2) is 57.9 Å². The molecule has 0 saturated carbocycles. The van der Waals surface area contributed by atoms with Crippen LogP contribution < -0.4 is 0 Å². The average Bonchev–Trinajstić information content (AvgIpc) is 2.98. The first-order valence-corrected chi connectivity index (χ1v) is 20.3. The van der Waals surface area contributed by atoms with Gasteiger partial charge in [0.25, 0.3) is 0 Å². The molecule has 7 heteroatoms. The van der Waals surface area contributed by atoms with Gasteiger partial charge in [-0.3, -0.25) is 14.5 Å². The summed E-state index contributed by atoms with van der Waals surface area (Å²) in [5, 5.41) is 22.3. The van der Waals surface area contributed by atoms with Crippen LogP contribution >= 0.6 is 0 Å². The molecule has 0 bridgehead atoms. The summed E-state index contributed by atoms with van der Waals surface area (Å²) in [6, 6.07) is 8.27. The van der Waals surface area contributed by atoms with Crippen molar-refractivity contribution >= 4 is 11.9 Å². The van der Waals surface area contributed by atoms with Gasteiger partial charge in [-0.2, -0.15) is 0 Å². The molecule has 7 nitrogen and oxygen atoms in total. The van der Waals surface area contributed by atoms with Gasteiger partial charge in [0.15, 0.2) is 0 Å². The zero-order chi connectivity index (χ0) is 41.2. The highest BCUT2D eigenvalue weighted by Crippen LogP contribution is 2.43. The largest absolute Gasteiger partial charge is 0.507 e. The third-order valence-electron chi connectivity index (χ3n) is 11.3. The average molecular weight is 750 g/mol. The summed E-state index contributed by atoms with van der Waals surface area (Å²) in [5.41, 5.74) is 4.83. The van der Waals surface area contributed by atoms with Crippen LogP contribution in [-0.2, 0) is 53.6 Å². The molecule has 0 radical (unpaired) electrons. The van der Waals surface area contributed by atoms with E-state index in [0.717, 1.165) is 52.6 Å². The molecule has 0 spiro atoms. The summed E-state index contributed by atoms with van der Waals surface area (Å²) < 4.78 is 11.5. The SMILES string of the molecule is CC(C)(C)c1cc(CCC(=O)OCCC2CC(C)(C)N(CCOC(=O)CCc3cc(C(C)(C)C)cc(C(C)(C)C)c3O)C(C)(C)C2)c(O)c(C(C)(C)C)c1. The van der Waals surface area contributed by atoms with Crippen molar-refractivity contribution in [1.82, 2.24) is 4.90 Å². The highest BCUT2D eigenvalue weighted by atomic mass is 16.5. The maximum Gasteiger partial charge on any atom is 0.306 e. The normalized spacial score (nSPS) is 17.0. The van der Waals surface area contributed by atoms with Gasteiger partial charge in [0.05, 0.1) is 6.61 Å². The van der Waals surface area contributed by atoms with Gasteiger partial charge in [-0.25, -0.2) is 0 Å². The smallest absolute Gasteiger partial charge is 0.306 e. The van der Waals surface area contributed by atoms with Crippen molar-refractivity contribution in [3.05, 3.63) is 57.6 Å². The number of phenols is 2. The lowest BCUT2D eigenvalue weighted by Gasteiger charge is -2.55. The van der Waals surface area contributed by atoms with Crippen LogP contribution in [0.4, 0.5) is 0 Å². The Morgan fingerprint density at radius 2 is 1.00 bits per heavy atom. The number of aromatic hydroxyl groups is 2. The Bertz CT molecular complexity index is 1610. The van der Waals surface area contributed by atoms with Gasteiger partial charge in [-0.15, -0.1) is 0 Å². The molecule has 1 aliphatic rings. The van der Waals surface area contributed by atoms with E-state index in [-0.39, 0.29) is 69.0 Å². The molecule has 2 N–H and O–H groups in total. The van der Waals surface area contributed by atoms with E-state index in [1.54, 1.807) is 0 Å². The van der Waals surface area contributed by atoms with Gasteiger partial charge in [0.1, 0.15) is 18.1 Å². The molecule has 1 aliphatic heterocycles. The molecule has 0 atom stereocenters. The van der Waals surface area contributed by atoms with E-state index in [0.29, 0.717) is 38.5 Å². The number of likely N-dealkylation sites (tertiary alicyclic amines) is 1. The Balaban J connectivity index is 1.52. The van der Waals surface area contributed by atoms with Crippen LogP contribution in [0.25, 0.3) is 0 Å². The molecular weight excluding hydrogens is 675 g/mol. The van der Waals surface area contributed by atoms with Gasteiger partial charge in [0.2, 0.25) is 0 Å². The Morgan fingerprint density at radius 3 is 1.35 bits per heavy atom. The minimum Gasteiger partial charge on any atom is -0.507 e. The topological polar surface area (TPSA) is 96.3 Å². The summed E-state index contributed by atoms with van der Waals surface area (Å²) in [6.07, 6.45) is 3.98. The fourth-order valence-corrected chi connectivity index (χ4v) is 8.32. The third kappa shape index (κ3) is 12.0. The lowest BCUT2D eigenvalue weighted by molar-refractivity contribution is -0.147. The molecule has 2 aromatic carbocycles. The number of aryl methyl sites for hydroxylation is 2. The maximum absolute atomic E-state index is 13.0. The van der Waals surface area contributed by atoms with Crippen molar-refractivity contribution in [1.29, 1.82) is 0 Å². The molecular formula is C47H75NO6. The van der Waals surface area contributed by atoms with Gasteiger partial charge in [-0.1, -0.05) is 107 Å². The van der Waals surface area contributed by atoms with Crippen LogP contribution in [0, 0.1) is 5.92 Å². The Kier molecular flexibility index (Phi) is 13.9. The van der Waals surface area contributed by atoms with Crippen molar-refractivity contribution in [2.24, 2.45) is 5.92 Å². The number of hydrogen-bond acceptors (Lipinski definition) is 7. The maximum atomic E-state index is 13.0. The molecule has 0 aromatic heterocycles. The summed E-state index contributed by atoms with van der Waals surface area (Å²) in [7, 11) is 0. The molecule has 54 heavy (non-hydrogen) atoms. The minimum absolute atomic E-state index is 0.0767. The number of carbonyl (C=O) groups is 2. The summed E-state index contributed by atoms with van der Waals surface area (Å²) in [6.45, 7) is 35.9. The highest BCUT2D eigenvalue weighted by Gasteiger charge is 2.45. The Hall–Kier alpha value is -3.06. The number of esters is 2. The van der Waals surface area contributed by atoms with E-state index >= 15 is 0 Å². The van der Waals surface area contributed by atoms with Crippen LogP contribution in [0.3, 0.4) is 0 Å². The van der Waals surface area contributed by atoms with E-state index in [1.807, 2.05) is 12.1 Å². The van der Waals surface area contributed by atoms with E-state index in [1.165, 1.54) is 0 Å². The molecule has 1 saturated heterocycles. The van der Waals surface area contributed by atoms with Gasteiger partial charge in [-0.05, 0) is 121 Å². The second kappa shape index (κ2) is 16.6. The number of piperidine rings is 1. The van der Waals surface area contributed by atoms with Crippen molar-refractivity contribution < 1.29 is 29.3 Å². The van der Waals surface area contributed by atoms with Crippen LogP contribution in [0.15, 0.2) is 24.3 Å². The zero-order valence-electron chi connectivity index (χ0n) is 36.9. The second-order valence-corrected chi connectivity index (χ2v) is 21.3. The summed E-state index contributed by atoms with van der Waals surface area (Å²) in [5.74, 6) is 0.454. The van der Waals surface area contributed by atoms with Gasteiger partial charge < -0.3 is 19.7 Å². The van der Waals surface area contributed by atoms with Gasteiger partial charge in [0, 0.05) is 30.5 Å². The van der Waals surface area contributed by atoms with Gasteiger partial charge >= 0.3 is 11.9 Å². The lowest BCUT2D eigenvalue weighted by Crippen LogP contribution is -2.61. The van der Waals surface area contributed by atoms with Crippen molar-refractivity contribution in [2.75, 3.05) is 19.8 Å². The molecule has 0 aliphatic carbocycles. The first kappa shape index (κ1) is 45.3. The van der Waals surface area contributed by atoms with Crippen LogP contribution in [0.1, 0.15) is 176 Å². The number of rotatable bonds is 12. The number of nitrogens with zero attached hydrogens (tertiary/aromatic N) is 1. The molecule has 3 rings (SSSR count). The lowest BCUT2D eigenvalue weighted by atomic mass is 9.72. The first-order chi connectivity index (χ1) is 24.4. The number of carbonyl (C=O) groups excluding carboxylic acids is 2. The molecule has 1 heterocycles. The van der Waals surface area contributed by atoms with Crippen molar-refractivity contribution in [3.63, 3.8) is 0 Å². The number of hydrogen-bond donors (Lipinski definition) is 2. The number of benzene rings is 2. The highest BCUT2D eigenvalue weighted by molar-refractivity contribution is 5.70. The predicted molar refractivity (Wildman–Crippen MR) is 222 cm³/mol. The molecule has 1 fully saturated rings. The Morgan fingerprint density at radius 1 is 0.630 bits per heavy atom. The molecule has 0 unspecified atom stereocenters. The van der Waals surface area contributed by atoms with Crippen molar-refractivity contribution in [3.8, 4) is 11.5 Å². The summed E-state index contributed by atoms with van der Waals surface area (Å²) in [4.78, 5) is 28.3. The quantitative estimate of drug-likeness (QED) is 0.209.